The summed E-state index contributed by atoms with van der Waals surface area (Å²) < 4.78 is 41.7. The SMILES string of the molecule is FC(F)(F)c1cccc(-c2ncno2)c1. The van der Waals surface area contributed by atoms with E-state index in [1.54, 1.807) is 0 Å². The van der Waals surface area contributed by atoms with E-state index >= 15 is 0 Å². The summed E-state index contributed by atoms with van der Waals surface area (Å²) in [7, 11) is 0. The number of benzene rings is 1. The first-order valence-corrected chi connectivity index (χ1v) is 4.02. The van der Waals surface area contributed by atoms with E-state index in [-0.39, 0.29) is 11.5 Å². The van der Waals surface area contributed by atoms with Gasteiger partial charge in [-0.3, -0.25) is 0 Å². The highest BCUT2D eigenvalue weighted by atomic mass is 19.4. The van der Waals surface area contributed by atoms with Gasteiger partial charge in [0.05, 0.1) is 5.56 Å². The number of nitrogens with zero attached hydrogens (tertiary/aromatic N) is 2. The van der Waals surface area contributed by atoms with Crippen LogP contribution in [0.15, 0.2) is 35.1 Å². The van der Waals surface area contributed by atoms with Gasteiger partial charge in [0.15, 0.2) is 6.33 Å². The van der Waals surface area contributed by atoms with Crippen molar-refractivity contribution in [1.82, 2.24) is 10.1 Å². The molecule has 0 N–H and O–H groups in total. The normalized spacial score (nSPS) is 11.7. The van der Waals surface area contributed by atoms with Crippen LogP contribution in [0.1, 0.15) is 5.56 Å². The maximum Gasteiger partial charge on any atom is 0.416 e. The molecule has 2 rings (SSSR count). The summed E-state index contributed by atoms with van der Waals surface area (Å²) in [6.45, 7) is 0. The van der Waals surface area contributed by atoms with Crippen molar-refractivity contribution in [1.29, 1.82) is 0 Å². The van der Waals surface area contributed by atoms with Gasteiger partial charge in [0.25, 0.3) is 5.89 Å². The van der Waals surface area contributed by atoms with Crippen molar-refractivity contribution in [2.45, 2.75) is 6.18 Å². The number of aromatic nitrogens is 2. The van der Waals surface area contributed by atoms with Crippen molar-refractivity contribution >= 4 is 0 Å². The molecule has 0 spiro atoms. The molecule has 0 amide bonds. The van der Waals surface area contributed by atoms with E-state index in [1.165, 1.54) is 12.1 Å². The second kappa shape index (κ2) is 3.38. The average Bonchev–Trinajstić information content (AvgIpc) is 2.69. The molecular formula is C9H5F3N2O. The molecule has 1 aromatic carbocycles. The van der Waals surface area contributed by atoms with E-state index in [4.69, 9.17) is 0 Å². The third kappa shape index (κ3) is 1.98. The molecule has 78 valence electrons. The molecule has 0 unspecified atom stereocenters. The predicted molar refractivity (Wildman–Crippen MR) is 44.7 cm³/mol. The molecule has 0 atom stereocenters. The summed E-state index contributed by atoms with van der Waals surface area (Å²) in [6.07, 6.45) is -3.23. The smallest absolute Gasteiger partial charge is 0.334 e. The molecule has 0 saturated heterocycles. The van der Waals surface area contributed by atoms with Gasteiger partial charge in [-0.05, 0) is 18.2 Å². The third-order valence-electron chi connectivity index (χ3n) is 1.80. The van der Waals surface area contributed by atoms with E-state index in [0.717, 1.165) is 18.5 Å². The summed E-state index contributed by atoms with van der Waals surface area (Å²) in [5.74, 6) is 0.0705. The molecule has 0 saturated carbocycles. The Morgan fingerprint density at radius 2 is 2.00 bits per heavy atom. The van der Waals surface area contributed by atoms with Crippen molar-refractivity contribution in [3.8, 4) is 11.5 Å². The highest BCUT2D eigenvalue weighted by molar-refractivity contribution is 5.54. The molecule has 0 bridgehead atoms. The molecule has 2 aromatic rings. The largest absolute Gasteiger partial charge is 0.416 e. The molecule has 0 fully saturated rings. The van der Waals surface area contributed by atoms with Gasteiger partial charge in [-0.2, -0.15) is 18.2 Å². The van der Waals surface area contributed by atoms with E-state index in [1.807, 2.05) is 0 Å². The second-order valence-corrected chi connectivity index (χ2v) is 2.82. The molecule has 0 radical (unpaired) electrons. The maximum absolute atomic E-state index is 12.3. The van der Waals surface area contributed by atoms with Gasteiger partial charge in [0.2, 0.25) is 0 Å². The lowest BCUT2D eigenvalue weighted by Crippen LogP contribution is -2.04. The first kappa shape index (κ1) is 9.70. The van der Waals surface area contributed by atoms with Gasteiger partial charge >= 0.3 is 6.18 Å². The van der Waals surface area contributed by atoms with Crippen molar-refractivity contribution in [2.24, 2.45) is 0 Å². The second-order valence-electron chi connectivity index (χ2n) is 2.82. The van der Waals surface area contributed by atoms with Gasteiger partial charge in [-0.15, -0.1) is 0 Å². The number of hydrogen-bond acceptors (Lipinski definition) is 3. The highest BCUT2D eigenvalue weighted by Gasteiger charge is 2.30. The molecule has 15 heavy (non-hydrogen) atoms. The first-order valence-electron chi connectivity index (χ1n) is 4.02. The Bertz CT molecular complexity index is 451. The Morgan fingerprint density at radius 1 is 1.20 bits per heavy atom. The van der Waals surface area contributed by atoms with E-state index in [2.05, 4.69) is 14.7 Å². The topological polar surface area (TPSA) is 38.9 Å². The average molecular weight is 214 g/mol. The van der Waals surface area contributed by atoms with Crippen LogP contribution in [0.4, 0.5) is 13.2 Å². The summed E-state index contributed by atoms with van der Waals surface area (Å²) in [4.78, 5) is 3.66. The lowest BCUT2D eigenvalue weighted by atomic mass is 10.1. The van der Waals surface area contributed by atoms with E-state index in [9.17, 15) is 13.2 Å². The lowest BCUT2D eigenvalue weighted by Gasteiger charge is -2.06. The van der Waals surface area contributed by atoms with Crippen LogP contribution in [0, 0.1) is 0 Å². The molecular weight excluding hydrogens is 209 g/mol. The molecule has 0 aliphatic rings. The molecule has 1 aromatic heterocycles. The fourth-order valence-corrected chi connectivity index (χ4v) is 1.13. The minimum atomic E-state index is -4.37. The van der Waals surface area contributed by atoms with Gasteiger partial charge in [-0.25, -0.2) is 0 Å². The number of halogens is 3. The molecule has 6 heteroatoms. The zero-order valence-electron chi connectivity index (χ0n) is 7.32. The van der Waals surface area contributed by atoms with Crippen molar-refractivity contribution in [2.75, 3.05) is 0 Å². The van der Waals surface area contributed by atoms with Gasteiger partial charge in [-0.1, -0.05) is 11.2 Å². The Balaban J connectivity index is 2.44. The van der Waals surface area contributed by atoms with Crippen LogP contribution in [0.25, 0.3) is 11.5 Å². The van der Waals surface area contributed by atoms with Crippen LogP contribution in [0.3, 0.4) is 0 Å². The Morgan fingerprint density at radius 3 is 2.60 bits per heavy atom. The zero-order valence-corrected chi connectivity index (χ0v) is 7.32. The van der Waals surface area contributed by atoms with Crippen LogP contribution in [-0.2, 0) is 6.18 Å². The van der Waals surface area contributed by atoms with E-state index < -0.39 is 11.7 Å². The van der Waals surface area contributed by atoms with Crippen LogP contribution in [0.2, 0.25) is 0 Å². The number of alkyl halides is 3. The summed E-state index contributed by atoms with van der Waals surface area (Å²) in [5.41, 5.74) is -0.486. The fraction of sp³-hybridized carbons (Fsp3) is 0.111. The van der Waals surface area contributed by atoms with Crippen molar-refractivity contribution in [3.05, 3.63) is 36.2 Å². The molecule has 1 heterocycles. The monoisotopic (exact) mass is 214 g/mol. The third-order valence-corrected chi connectivity index (χ3v) is 1.80. The van der Waals surface area contributed by atoms with Crippen molar-refractivity contribution < 1.29 is 17.7 Å². The minimum Gasteiger partial charge on any atom is -0.334 e. The number of rotatable bonds is 1. The standard InChI is InChI=1S/C9H5F3N2O/c10-9(11,12)7-3-1-2-6(4-7)8-13-5-14-15-8/h1-5H. The van der Waals surface area contributed by atoms with Gasteiger partial charge < -0.3 is 4.52 Å². The van der Waals surface area contributed by atoms with Gasteiger partial charge in [0.1, 0.15) is 0 Å². The summed E-state index contributed by atoms with van der Waals surface area (Å²) >= 11 is 0. The Labute approximate surface area is 82.5 Å². The molecule has 3 nitrogen and oxygen atoms in total. The lowest BCUT2D eigenvalue weighted by molar-refractivity contribution is -0.137. The molecule has 0 aliphatic heterocycles. The maximum atomic E-state index is 12.3. The van der Waals surface area contributed by atoms with Crippen LogP contribution in [0.5, 0.6) is 0 Å². The van der Waals surface area contributed by atoms with Crippen molar-refractivity contribution in [3.63, 3.8) is 0 Å². The van der Waals surface area contributed by atoms with Crippen LogP contribution >= 0.6 is 0 Å². The summed E-state index contributed by atoms with van der Waals surface area (Å²) in [6, 6.07) is 4.72. The molecule has 0 aliphatic carbocycles. The quantitative estimate of drug-likeness (QED) is 0.732. The van der Waals surface area contributed by atoms with Gasteiger partial charge in [0, 0.05) is 5.56 Å². The summed E-state index contributed by atoms with van der Waals surface area (Å²) in [5, 5.41) is 3.32. The van der Waals surface area contributed by atoms with Crippen LogP contribution < -0.4 is 0 Å². The Kier molecular flexibility index (Phi) is 2.18. The Hall–Kier alpha value is -1.85. The zero-order chi connectivity index (χ0) is 10.9. The minimum absolute atomic E-state index is 0.0705. The number of hydrogen-bond donors (Lipinski definition) is 0. The predicted octanol–water partition coefficient (Wildman–Crippen LogP) is 2.76. The first-order chi connectivity index (χ1) is 7.07. The van der Waals surface area contributed by atoms with Crippen LogP contribution in [-0.4, -0.2) is 10.1 Å². The highest BCUT2D eigenvalue weighted by Crippen LogP contribution is 2.31. The fourth-order valence-electron chi connectivity index (χ4n) is 1.13. The van der Waals surface area contributed by atoms with E-state index in [0.29, 0.717) is 0 Å².